The van der Waals surface area contributed by atoms with Crippen molar-refractivity contribution in [2.24, 2.45) is 0 Å². The van der Waals surface area contributed by atoms with Crippen LogP contribution in [-0.4, -0.2) is 47.2 Å². The van der Waals surface area contributed by atoms with E-state index in [1.807, 2.05) is 30.3 Å². The number of aromatic amines is 1. The number of aryl methyl sites for hydroxylation is 1. The van der Waals surface area contributed by atoms with Gasteiger partial charge in [0.15, 0.2) is 5.65 Å². The van der Waals surface area contributed by atoms with E-state index in [1.165, 1.54) is 0 Å². The maximum atomic E-state index is 13.1. The number of benzene rings is 1. The molecule has 0 fully saturated rings. The highest BCUT2D eigenvalue weighted by molar-refractivity contribution is 5.94. The van der Waals surface area contributed by atoms with E-state index in [4.69, 9.17) is 4.74 Å². The third-order valence-corrected chi connectivity index (χ3v) is 5.07. The van der Waals surface area contributed by atoms with Crippen molar-refractivity contribution in [2.75, 3.05) is 25.1 Å². The van der Waals surface area contributed by atoms with Gasteiger partial charge in [0.1, 0.15) is 5.75 Å². The molecule has 3 rings (SSSR count). The fraction of sp³-hybridized carbons (Fsp3) is 0.391. The van der Waals surface area contributed by atoms with Gasteiger partial charge >= 0.3 is 0 Å². The summed E-state index contributed by atoms with van der Waals surface area (Å²) in [6, 6.07) is 11.1. The molecule has 0 saturated carbocycles. The molecule has 2 heterocycles. The Morgan fingerprint density at radius 2 is 2.06 bits per heavy atom. The first-order valence-corrected chi connectivity index (χ1v) is 10.6. The van der Waals surface area contributed by atoms with Crippen molar-refractivity contribution < 1.29 is 14.3 Å². The topological polar surface area (TPSA) is 100 Å². The predicted octanol–water partition coefficient (Wildman–Crippen LogP) is 3.24. The quantitative estimate of drug-likeness (QED) is 0.461. The molecule has 0 aliphatic heterocycles. The van der Waals surface area contributed by atoms with Gasteiger partial charge < -0.3 is 15.0 Å². The first-order valence-electron chi connectivity index (χ1n) is 10.6. The summed E-state index contributed by atoms with van der Waals surface area (Å²) in [5, 5.41) is 11.0. The normalized spacial score (nSPS) is 10.8. The van der Waals surface area contributed by atoms with E-state index in [0.717, 1.165) is 23.9 Å². The van der Waals surface area contributed by atoms with Crippen LogP contribution in [0.2, 0.25) is 0 Å². The van der Waals surface area contributed by atoms with Gasteiger partial charge in [-0.2, -0.15) is 5.10 Å². The number of ether oxygens (including phenoxy) is 1. The molecule has 0 bridgehead atoms. The number of pyridine rings is 1. The lowest BCUT2D eigenvalue weighted by Crippen LogP contribution is -2.35. The molecule has 0 spiro atoms. The second-order valence-corrected chi connectivity index (χ2v) is 7.27. The van der Waals surface area contributed by atoms with Crippen molar-refractivity contribution in [2.45, 2.75) is 39.0 Å². The van der Waals surface area contributed by atoms with E-state index in [1.54, 1.807) is 24.3 Å². The number of rotatable bonds is 11. The van der Waals surface area contributed by atoms with Gasteiger partial charge in [0.05, 0.1) is 12.8 Å². The van der Waals surface area contributed by atoms with E-state index in [9.17, 15) is 9.59 Å². The molecule has 164 valence electrons. The van der Waals surface area contributed by atoms with Gasteiger partial charge in [-0.05, 0) is 30.7 Å². The van der Waals surface area contributed by atoms with Gasteiger partial charge in [0.25, 0.3) is 0 Å². The standard InChI is InChI=1S/C23H29N5O3/c1-3-4-13-24-21(29)12-15-28(17-7-5-8-18(16-17)31-2)22(30)11-10-20-19-9-6-14-25-23(19)27-26-20/h5-9,14,16H,3-4,10-13,15H2,1-2H3,(H,24,29)(H,25,26,27). The highest BCUT2D eigenvalue weighted by Crippen LogP contribution is 2.23. The van der Waals surface area contributed by atoms with E-state index in [-0.39, 0.29) is 24.7 Å². The second-order valence-electron chi connectivity index (χ2n) is 7.27. The summed E-state index contributed by atoms with van der Waals surface area (Å²) in [5.41, 5.74) is 2.22. The molecule has 3 aromatic rings. The summed E-state index contributed by atoms with van der Waals surface area (Å²) < 4.78 is 5.30. The molecule has 0 aliphatic rings. The Kier molecular flexibility index (Phi) is 7.98. The minimum atomic E-state index is -0.0744. The molecule has 1 aromatic carbocycles. The lowest BCUT2D eigenvalue weighted by molar-refractivity contribution is -0.121. The maximum absolute atomic E-state index is 13.1. The smallest absolute Gasteiger partial charge is 0.227 e. The highest BCUT2D eigenvalue weighted by atomic mass is 16.5. The number of anilines is 1. The summed E-state index contributed by atoms with van der Waals surface area (Å²) in [6.07, 6.45) is 4.65. The highest BCUT2D eigenvalue weighted by Gasteiger charge is 2.19. The number of carbonyl (C=O) groups is 2. The van der Waals surface area contributed by atoms with Crippen LogP contribution < -0.4 is 15.0 Å². The van der Waals surface area contributed by atoms with E-state index >= 15 is 0 Å². The van der Waals surface area contributed by atoms with E-state index < -0.39 is 0 Å². The van der Waals surface area contributed by atoms with Crippen LogP contribution in [0, 0.1) is 0 Å². The van der Waals surface area contributed by atoms with Gasteiger partial charge in [-0.3, -0.25) is 14.7 Å². The van der Waals surface area contributed by atoms with Crippen LogP contribution in [0.4, 0.5) is 5.69 Å². The molecule has 2 N–H and O–H groups in total. The zero-order valence-electron chi connectivity index (χ0n) is 18.1. The second kappa shape index (κ2) is 11.1. The number of methoxy groups -OCH3 is 1. The number of amides is 2. The Morgan fingerprint density at radius 1 is 1.19 bits per heavy atom. The maximum Gasteiger partial charge on any atom is 0.227 e. The Balaban J connectivity index is 1.69. The van der Waals surface area contributed by atoms with Crippen LogP contribution in [0.5, 0.6) is 5.75 Å². The Morgan fingerprint density at radius 3 is 2.87 bits per heavy atom. The number of nitrogens with one attached hydrogen (secondary N) is 2. The lowest BCUT2D eigenvalue weighted by Gasteiger charge is -2.23. The first kappa shape index (κ1) is 22.3. The number of hydrogen-bond acceptors (Lipinski definition) is 5. The number of carbonyl (C=O) groups excluding carboxylic acids is 2. The Hall–Kier alpha value is -3.42. The summed E-state index contributed by atoms with van der Waals surface area (Å²) in [4.78, 5) is 31.2. The van der Waals surface area contributed by atoms with Crippen LogP contribution >= 0.6 is 0 Å². The minimum Gasteiger partial charge on any atom is -0.497 e. The fourth-order valence-corrected chi connectivity index (χ4v) is 3.34. The number of unbranched alkanes of at least 4 members (excludes halogenated alkanes) is 1. The van der Waals surface area contributed by atoms with Crippen LogP contribution in [0.3, 0.4) is 0 Å². The number of aromatic nitrogens is 3. The molecule has 0 unspecified atom stereocenters. The molecule has 0 atom stereocenters. The van der Waals surface area contributed by atoms with Crippen LogP contribution in [0.15, 0.2) is 42.6 Å². The number of fused-ring (bicyclic) bond motifs is 1. The Bertz CT molecular complexity index is 1020. The van der Waals surface area contributed by atoms with Crippen molar-refractivity contribution in [3.8, 4) is 5.75 Å². The molecule has 31 heavy (non-hydrogen) atoms. The van der Waals surface area contributed by atoms with Crippen LogP contribution in [0.25, 0.3) is 11.0 Å². The summed E-state index contributed by atoms with van der Waals surface area (Å²) in [7, 11) is 1.59. The molecule has 0 radical (unpaired) electrons. The van der Waals surface area contributed by atoms with Gasteiger partial charge in [0, 0.05) is 55.7 Å². The molecule has 8 heteroatoms. The largest absolute Gasteiger partial charge is 0.497 e. The summed E-state index contributed by atoms with van der Waals surface area (Å²) >= 11 is 0. The van der Waals surface area contributed by atoms with E-state index in [2.05, 4.69) is 27.4 Å². The van der Waals surface area contributed by atoms with Crippen molar-refractivity contribution in [3.63, 3.8) is 0 Å². The summed E-state index contributed by atoms with van der Waals surface area (Å²) in [6.45, 7) is 3.03. The monoisotopic (exact) mass is 423 g/mol. The van der Waals surface area contributed by atoms with Crippen LogP contribution in [-0.2, 0) is 16.0 Å². The van der Waals surface area contributed by atoms with Gasteiger partial charge in [0.2, 0.25) is 11.8 Å². The van der Waals surface area contributed by atoms with Crippen molar-refractivity contribution in [1.29, 1.82) is 0 Å². The molecule has 0 aliphatic carbocycles. The SMILES string of the molecule is CCCCNC(=O)CCN(C(=O)CCc1n[nH]c2ncccc12)c1cccc(OC)c1. The molecule has 2 aromatic heterocycles. The zero-order chi connectivity index (χ0) is 22.1. The number of hydrogen-bond donors (Lipinski definition) is 2. The fourth-order valence-electron chi connectivity index (χ4n) is 3.34. The average molecular weight is 424 g/mol. The third-order valence-electron chi connectivity index (χ3n) is 5.07. The van der Waals surface area contributed by atoms with Crippen molar-refractivity contribution >= 4 is 28.5 Å². The number of nitrogens with zero attached hydrogens (tertiary/aromatic N) is 3. The van der Waals surface area contributed by atoms with Gasteiger partial charge in [-0.1, -0.05) is 19.4 Å². The van der Waals surface area contributed by atoms with E-state index in [0.29, 0.717) is 36.6 Å². The molecule has 2 amide bonds. The van der Waals surface area contributed by atoms with Gasteiger partial charge in [-0.25, -0.2) is 4.98 Å². The van der Waals surface area contributed by atoms with Gasteiger partial charge in [-0.15, -0.1) is 0 Å². The molecule has 8 nitrogen and oxygen atoms in total. The zero-order valence-corrected chi connectivity index (χ0v) is 18.1. The predicted molar refractivity (Wildman–Crippen MR) is 120 cm³/mol. The third kappa shape index (κ3) is 6.04. The van der Waals surface area contributed by atoms with Crippen molar-refractivity contribution in [1.82, 2.24) is 20.5 Å². The average Bonchev–Trinajstić information content (AvgIpc) is 3.21. The Labute approximate surface area is 182 Å². The first-order chi connectivity index (χ1) is 15.1. The van der Waals surface area contributed by atoms with Crippen molar-refractivity contribution in [3.05, 3.63) is 48.3 Å². The molecule has 0 saturated heterocycles. The molecular weight excluding hydrogens is 394 g/mol. The minimum absolute atomic E-state index is 0.0569. The summed E-state index contributed by atoms with van der Waals surface area (Å²) in [5.74, 6) is 0.528. The number of H-pyrrole nitrogens is 1. The molecular formula is C23H29N5O3. The van der Waals surface area contributed by atoms with Crippen LogP contribution in [0.1, 0.15) is 38.3 Å². The lowest BCUT2D eigenvalue weighted by atomic mass is 10.1.